The van der Waals surface area contributed by atoms with Gasteiger partial charge in [-0.25, -0.2) is 21.6 Å². The van der Waals surface area contributed by atoms with Crippen LogP contribution >= 0.6 is 0 Å². The summed E-state index contributed by atoms with van der Waals surface area (Å²) in [5, 5.41) is 6.09. The van der Waals surface area contributed by atoms with Crippen molar-refractivity contribution in [3.05, 3.63) is 29.3 Å². The number of sulfone groups is 1. The third kappa shape index (κ3) is 7.06. The standard InChI is InChI=1S/C18H30N4O4S2/c1-14-11-16(7-8-17(14)27(3,23)24)12-21-18(19-2)20-9-10-28(25,26)22-13-15-5-4-6-15/h7-8,11,15,22H,4-6,9-10,12-13H2,1-3H3,(H2,19,20,21). The quantitative estimate of drug-likeness (QED) is 0.394. The smallest absolute Gasteiger partial charge is 0.213 e. The van der Waals surface area contributed by atoms with Gasteiger partial charge in [0.2, 0.25) is 10.0 Å². The molecule has 1 fully saturated rings. The average Bonchev–Trinajstić information content (AvgIpc) is 2.55. The lowest BCUT2D eigenvalue weighted by atomic mass is 9.86. The van der Waals surface area contributed by atoms with Crippen molar-refractivity contribution in [3.63, 3.8) is 0 Å². The molecule has 0 radical (unpaired) electrons. The molecule has 0 aromatic heterocycles. The highest BCUT2D eigenvalue weighted by atomic mass is 32.2. The Kier molecular flexibility index (Phi) is 7.85. The number of aliphatic imine (C=N–C) groups is 1. The van der Waals surface area contributed by atoms with E-state index in [-0.39, 0.29) is 12.3 Å². The second-order valence-corrected chi connectivity index (χ2v) is 11.1. The van der Waals surface area contributed by atoms with Gasteiger partial charge in [0.05, 0.1) is 10.6 Å². The summed E-state index contributed by atoms with van der Waals surface area (Å²) >= 11 is 0. The molecule has 1 aromatic carbocycles. The van der Waals surface area contributed by atoms with E-state index in [1.807, 2.05) is 6.07 Å². The highest BCUT2D eigenvalue weighted by molar-refractivity contribution is 7.90. The molecule has 1 aromatic rings. The van der Waals surface area contributed by atoms with E-state index in [4.69, 9.17) is 0 Å². The molecular weight excluding hydrogens is 400 g/mol. The fourth-order valence-corrected chi connectivity index (χ4v) is 4.93. The maximum absolute atomic E-state index is 12.0. The molecule has 8 nitrogen and oxygen atoms in total. The summed E-state index contributed by atoms with van der Waals surface area (Å²) in [5.41, 5.74) is 1.59. The van der Waals surface area contributed by atoms with Crippen molar-refractivity contribution in [3.8, 4) is 0 Å². The first kappa shape index (κ1) is 22.6. The van der Waals surface area contributed by atoms with Crippen LogP contribution in [0.15, 0.2) is 28.1 Å². The Morgan fingerprint density at radius 1 is 1.18 bits per heavy atom. The average molecular weight is 431 g/mol. The van der Waals surface area contributed by atoms with Crippen LogP contribution in [-0.2, 0) is 26.4 Å². The first-order valence-corrected chi connectivity index (χ1v) is 12.9. The second-order valence-electron chi connectivity index (χ2n) is 7.19. The molecule has 10 heteroatoms. The molecule has 0 aliphatic heterocycles. The Morgan fingerprint density at radius 3 is 2.43 bits per heavy atom. The number of benzene rings is 1. The van der Waals surface area contributed by atoms with Crippen molar-refractivity contribution < 1.29 is 16.8 Å². The van der Waals surface area contributed by atoms with E-state index >= 15 is 0 Å². The molecule has 1 aliphatic carbocycles. The molecule has 0 bridgehead atoms. The Balaban J connectivity index is 1.79. The minimum Gasteiger partial charge on any atom is -0.355 e. The number of nitrogens with one attached hydrogen (secondary N) is 3. The van der Waals surface area contributed by atoms with E-state index < -0.39 is 19.9 Å². The summed E-state index contributed by atoms with van der Waals surface area (Å²) in [7, 11) is -4.93. The number of sulfonamides is 1. The minimum absolute atomic E-state index is 0.0252. The van der Waals surface area contributed by atoms with Crippen LogP contribution in [0.3, 0.4) is 0 Å². The lowest BCUT2D eigenvalue weighted by Crippen LogP contribution is -2.41. The lowest BCUT2D eigenvalue weighted by molar-refractivity contribution is 0.316. The molecule has 3 N–H and O–H groups in total. The van der Waals surface area contributed by atoms with E-state index in [0.29, 0.717) is 35.4 Å². The van der Waals surface area contributed by atoms with E-state index in [2.05, 4.69) is 20.3 Å². The van der Waals surface area contributed by atoms with Crippen molar-refractivity contribution in [1.82, 2.24) is 15.4 Å². The zero-order valence-electron chi connectivity index (χ0n) is 16.7. The van der Waals surface area contributed by atoms with E-state index in [0.717, 1.165) is 18.4 Å². The molecule has 1 saturated carbocycles. The summed E-state index contributed by atoms with van der Waals surface area (Å²) in [6.45, 7) is 2.97. The molecule has 158 valence electrons. The molecule has 0 saturated heterocycles. The van der Waals surface area contributed by atoms with Gasteiger partial charge < -0.3 is 10.6 Å². The summed E-state index contributed by atoms with van der Waals surface area (Å²) in [6.07, 6.45) is 4.57. The largest absolute Gasteiger partial charge is 0.355 e. The van der Waals surface area contributed by atoms with Crippen LogP contribution in [0.2, 0.25) is 0 Å². The van der Waals surface area contributed by atoms with Gasteiger partial charge in [0, 0.05) is 32.9 Å². The van der Waals surface area contributed by atoms with E-state index in [1.165, 1.54) is 12.7 Å². The van der Waals surface area contributed by atoms with Gasteiger partial charge in [-0.3, -0.25) is 4.99 Å². The maximum atomic E-state index is 12.0. The monoisotopic (exact) mass is 430 g/mol. The van der Waals surface area contributed by atoms with Crippen LogP contribution in [0.1, 0.15) is 30.4 Å². The van der Waals surface area contributed by atoms with Crippen molar-refractivity contribution in [2.75, 3.05) is 32.1 Å². The SMILES string of the molecule is CN=C(NCCS(=O)(=O)NCC1CCC1)NCc1ccc(S(C)(=O)=O)c(C)c1. The van der Waals surface area contributed by atoms with Gasteiger partial charge in [0.25, 0.3) is 0 Å². The van der Waals surface area contributed by atoms with Gasteiger partial charge in [-0.05, 0) is 42.9 Å². The zero-order chi connectivity index (χ0) is 20.8. The molecule has 0 atom stereocenters. The number of hydrogen-bond donors (Lipinski definition) is 3. The zero-order valence-corrected chi connectivity index (χ0v) is 18.3. The summed E-state index contributed by atoms with van der Waals surface area (Å²) in [4.78, 5) is 4.40. The minimum atomic E-state index is -3.30. The molecule has 2 rings (SSSR count). The molecule has 1 aliphatic rings. The summed E-state index contributed by atoms with van der Waals surface area (Å²) in [6, 6.07) is 5.15. The number of rotatable bonds is 9. The fraction of sp³-hybridized carbons (Fsp3) is 0.611. The predicted octanol–water partition coefficient (Wildman–Crippen LogP) is 0.783. The van der Waals surface area contributed by atoms with Gasteiger partial charge >= 0.3 is 0 Å². The van der Waals surface area contributed by atoms with Gasteiger partial charge in [0.15, 0.2) is 15.8 Å². The second kappa shape index (κ2) is 9.71. The Hall–Kier alpha value is -1.65. The molecule has 0 amide bonds. The topological polar surface area (TPSA) is 117 Å². The van der Waals surface area contributed by atoms with Gasteiger partial charge in [-0.15, -0.1) is 0 Å². The number of nitrogens with zero attached hydrogens (tertiary/aromatic N) is 1. The van der Waals surface area contributed by atoms with Crippen LogP contribution < -0.4 is 15.4 Å². The van der Waals surface area contributed by atoms with Crippen LogP contribution in [0, 0.1) is 12.8 Å². The molecule has 0 unspecified atom stereocenters. The van der Waals surface area contributed by atoms with Gasteiger partial charge in [-0.1, -0.05) is 18.6 Å². The first-order valence-electron chi connectivity index (χ1n) is 9.32. The Bertz CT molecular complexity index is 908. The molecule has 0 spiro atoms. The van der Waals surface area contributed by atoms with Crippen molar-refractivity contribution in [2.24, 2.45) is 10.9 Å². The number of aryl methyl sites for hydroxylation is 1. The van der Waals surface area contributed by atoms with E-state index in [9.17, 15) is 16.8 Å². The van der Waals surface area contributed by atoms with E-state index in [1.54, 1.807) is 26.1 Å². The van der Waals surface area contributed by atoms with Crippen molar-refractivity contribution in [1.29, 1.82) is 0 Å². The van der Waals surface area contributed by atoms with Crippen LogP contribution in [0.5, 0.6) is 0 Å². The third-order valence-electron chi connectivity index (χ3n) is 4.80. The van der Waals surface area contributed by atoms with Gasteiger partial charge in [-0.2, -0.15) is 0 Å². The highest BCUT2D eigenvalue weighted by Crippen LogP contribution is 2.25. The van der Waals surface area contributed by atoms with Crippen LogP contribution in [0.4, 0.5) is 0 Å². The molecule has 0 heterocycles. The fourth-order valence-electron chi connectivity index (χ4n) is 2.96. The first-order chi connectivity index (χ1) is 13.1. The highest BCUT2D eigenvalue weighted by Gasteiger charge is 2.20. The van der Waals surface area contributed by atoms with Crippen LogP contribution in [0.25, 0.3) is 0 Å². The molecule has 28 heavy (non-hydrogen) atoms. The van der Waals surface area contributed by atoms with Gasteiger partial charge in [0.1, 0.15) is 0 Å². The Labute approximate surface area is 168 Å². The van der Waals surface area contributed by atoms with Crippen molar-refractivity contribution in [2.45, 2.75) is 37.6 Å². The lowest BCUT2D eigenvalue weighted by Gasteiger charge is -2.25. The number of hydrogen-bond acceptors (Lipinski definition) is 5. The predicted molar refractivity (Wildman–Crippen MR) is 112 cm³/mol. The summed E-state index contributed by atoms with van der Waals surface area (Å²) < 4.78 is 50.0. The normalized spacial score (nSPS) is 15.9. The number of guanidine groups is 1. The summed E-state index contributed by atoms with van der Waals surface area (Å²) in [5.74, 6) is 0.941. The maximum Gasteiger partial charge on any atom is 0.213 e. The van der Waals surface area contributed by atoms with Crippen LogP contribution in [-0.4, -0.2) is 54.9 Å². The Morgan fingerprint density at radius 2 is 1.89 bits per heavy atom. The third-order valence-corrected chi connectivity index (χ3v) is 7.41. The molecular formula is C18H30N4O4S2. The van der Waals surface area contributed by atoms with Crippen molar-refractivity contribution >= 4 is 25.8 Å².